The van der Waals surface area contributed by atoms with Gasteiger partial charge in [0.15, 0.2) is 0 Å². The number of pyridine rings is 1. The summed E-state index contributed by atoms with van der Waals surface area (Å²) in [6.07, 6.45) is 3.61. The molecule has 4 nitrogen and oxygen atoms in total. The Bertz CT molecular complexity index is 665. The molecule has 3 rings (SSSR count). The topological polar surface area (TPSA) is 36.4 Å². The second kappa shape index (κ2) is 7.30. The third-order valence-corrected chi connectivity index (χ3v) is 4.36. The lowest BCUT2D eigenvalue weighted by Gasteiger charge is -2.34. The van der Waals surface area contributed by atoms with Crippen LogP contribution in [-0.2, 0) is 6.54 Å². The van der Waals surface area contributed by atoms with E-state index in [2.05, 4.69) is 9.88 Å². The van der Waals surface area contributed by atoms with Crippen molar-refractivity contribution in [2.24, 2.45) is 0 Å². The first-order valence-electron chi connectivity index (χ1n) is 7.48. The van der Waals surface area contributed by atoms with Gasteiger partial charge in [-0.25, -0.2) is 0 Å². The Kier molecular flexibility index (Phi) is 5.16. The van der Waals surface area contributed by atoms with Gasteiger partial charge in [0.05, 0.1) is 0 Å². The second-order valence-corrected chi connectivity index (χ2v) is 6.45. The van der Waals surface area contributed by atoms with Crippen LogP contribution in [-0.4, -0.2) is 46.9 Å². The fourth-order valence-corrected chi connectivity index (χ4v) is 3.24. The van der Waals surface area contributed by atoms with E-state index in [-0.39, 0.29) is 5.91 Å². The fraction of sp³-hybridized carbons (Fsp3) is 0.294. The van der Waals surface area contributed by atoms with E-state index in [9.17, 15) is 4.79 Å². The lowest BCUT2D eigenvalue weighted by Crippen LogP contribution is -2.48. The number of benzene rings is 1. The molecular formula is C17H17Cl2N3O. The summed E-state index contributed by atoms with van der Waals surface area (Å²) in [5.41, 5.74) is 1.78. The molecule has 1 amide bonds. The molecule has 0 atom stereocenters. The Labute approximate surface area is 145 Å². The number of aromatic nitrogens is 1. The van der Waals surface area contributed by atoms with Crippen molar-refractivity contribution in [3.8, 4) is 0 Å². The average molecular weight is 350 g/mol. The van der Waals surface area contributed by atoms with Gasteiger partial charge >= 0.3 is 0 Å². The number of carbonyl (C=O) groups is 1. The Morgan fingerprint density at radius 3 is 2.22 bits per heavy atom. The van der Waals surface area contributed by atoms with Gasteiger partial charge in [-0.15, -0.1) is 0 Å². The highest BCUT2D eigenvalue weighted by Crippen LogP contribution is 2.21. The number of carbonyl (C=O) groups excluding carboxylic acids is 1. The zero-order chi connectivity index (χ0) is 16.2. The molecular weight excluding hydrogens is 333 g/mol. The molecule has 120 valence electrons. The minimum absolute atomic E-state index is 0.0158. The summed E-state index contributed by atoms with van der Waals surface area (Å²) < 4.78 is 0. The van der Waals surface area contributed by atoms with E-state index in [0.717, 1.165) is 19.6 Å². The van der Waals surface area contributed by atoms with Gasteiger partial charge in [0.25, 0.3) is 5.91 Å². The minimum atomic E-state index is -0.0158. The monoisotopic (exact) mass is 349 g/mol. The molecule has 1 aromatic carbocycles. The Morgan fingerprint density at radius 2 is 1.61 bits per heavy atom. The van der Waals surface area contributed by atoms with E-state index < -0.39 is 0 Å². The minimum Gasteiger partial charge on any atom is -0.336 e. The number of nitrogens with zero attached hydrogens (tertiary/aromatic N) is 3. The number of amides is 1. The SMILES string of the molecule is O=C(c1cc(Cl)cc(Cl)c1)N1CCN(Cc2ccncc2)CC1. The Morgan fingerprint density at radius 1 is 1.00 bits per heavy atom. The molecule has 6 heteroatoms. The molecule has 0 saturated carbocycles. The maximum Gasteiger partial charge on any atom is 0.254 e. The molecule has 1 saturated heterocycles. The molecule has 0 aliphatic carbocycles. The highest BCUT2D eigenvalue weighted by atomic mass is 35.5. The van der Waals surface area contributed by atoms with Crippen molar-refractivity contribution in [1.82, 2.24) is 14.8 Å². The van der Waals surface area contributed by atoms with Crippen molar-refractivity contribution in [3.05, 3.63) is 63.9 Å². The van der Waals surface area contributed by atoms with Gasteiger partial charge in [-0.2, -0.15) is 0 Å². The average Bonchev–Trinajstić information content (AvgIpc) is 2.55. The van der Waals surface area contributed by atoms with Gasteiger partial charge in [-0.1, -0.05) is 23.2 Å². The van der Waals surface area contributed by atoms with Gasteiger partial charge in [0, 0.05) is 60.7 Å². The molecule has 23 heavy (non-hydrogen) atoms. The maximum absolute atomic E-state index is 12.6. The third-order valence-electron chi connectivity index (χ3n) is 3.92. The van der Waals surface area contributed by atoms with Gasteiger partial charge in [-0.05, 0) is 35.9 Å². The summed E-state index contributed by atoms with van der Waals surface area (Å²) in [5, 5.41) is 0.967. The van der Waals surface area contributed by atoms with Crippen LogP contribution in [0.5, 0.6) is 0 Å². The molecule has 1 aliphatic heterocycles. The van der Waals surface area contributed by atoms with Crippen molar-refractivity contribution in [2.45, 2.75) is 6.54 Å². The van der Waals surface area contributed by atoms with Crippen LogP contribution in [0.1, 0.15) is 15.9 Å². The standard InChI is InChI=1S/C17H17Cl2N3O/c18-15-9-14(10-16(19)11-15)17(23)22-7-5-21(6-8-22)12-13-1-3-20-4-2-13/h1-4,9-11H,5-8,12H2. The molecule has 1 aromatic heterocycles. The summed E-state index contributed by atoms with van der Waals surface area (Å²) >= 11 is 12.0. The first-order chi connectivity index (χ1) is 11.1. The van der Waals surface area contributed by atoms with Gasteiger partial charge in [0.2, 0.25) is 0 Å². The fourth-order valence-electron chi connectivity index (χ4n) is 2.72. The zero-order valence-corrected chi connectivity index (χ0v) is 14.1. The lowest BCUT2D eigenvalue weighted by molar-refractivity contribution is 0.0628. The van der Waals surface area contributed by atoms with E-state index in [1.807, 2.05) is 17.0 Å². The van der Waals surface area contributed by atoms with Crippen LogP contribution in [0.25, 0.3) is 0 Å². The van der Waals surface area contributed by atoms with Crippen molar-refractivity contribution < 1.29 is 4.79 Å². The Balaban J connectivity index is 1.59. The molecule has 0 N–H and O–H groups in total. The molecule has 0 bridgehead atoms. The summed E-state index contributed by atoms with van der Waals surface area (Å²) in [5.74, 6) is -0.0158. The van der Waals surface area contributed by atoms with E-state index >= 15 is 0 Å². The van der Waals surface area contributed by atoms with Crippen molar-refractivity contribution in [3.63, 3.8) is 0 Å². The highest BCUT2D eigenvalue weighted by Gasteiger charge is 2.22. The number of hydrogen-bond donors (Lipinski definition) is 0. The first kappa shape index (κ1) is 16.2. The summed E-state index contributed by atoms with van der Waals surface area (Å²) in [6.45, 7) is 3.99. The van der Waals surface area contributed by atoms with Crippen molar-refractivity contribution in [2.75, 3.05) is 26.2 Å². The van der Waals surface area contributed by atoms with Gasteiger partial charge in [-0.3, -0.25) is 14.7 Å². The molecule has 0 unspecified atom stereocenters. The predicted octanol–water partition coefficient (Wildman–Crippen LogP) is 3.35. The quantitative estimate of drug-likeness (QED) is 0.852. The molecule has 1 fully saturated rings. The molecule has 1 aliphatic rings. The molecule has 2 aromatic rings. The largest absolute Gasteiger partial charge is 0.336 e. The van der Waals surface area contributed by atoms with Crippen LogP contribution in [0.2, 0.25) is 10.0 Å². The predicted molar refractivity (Wildman–Crippen MR) is 91.9 cm³/mol. The molecule has 0 spiro atoms. The van der Waals surface area contributed by atoms with Crippen LogP contribution < -0.4 is 0 Å². The first-order valence-corrected chi connectivity index (χ1v) is 8.24. The summed E-state index contributed by atoms with van der Waals surface area (Å²) in [4.78, 5) is 20.8. The smallest absolute Gasteiger partial charge is 0.254 e. The molecule has 0 radical (unpaired) electrons. The van der Waals surface area contributed by atoms with Crippen LogP contribution in [0.4, 0.5) is 0 Å². The van der Waals surface area contributed by atoms with Crippen LogP contribution in [0.15, 0.2) is 42.7 Å². The number of hydrogen-bond acceptors (Lipinski definition) is 3. The van der Waals surface area contributed by atoms with E-state index in [4.69, 9.17) is 23.2 Å². The molecule has 2 heterocycles. The van der Waals surface area contributed by atoms with Crippen molar-refractivity contribution >= 4 is 29.1 Å². The van der Waals surface area contributed by atoms with E-state index in [1.54, 1.807) is 30.6 Å². The van der Waals surface area contributed by atoms with Gasteiger partial charge < -0.3 is 4.90 Å². The normalized spacial score (nSPS) is 15.7. The highest BCUT2D eigenvalue weighted by molar-refractivity contribution is 6.35. The number of rotatable bonds is 3. The Hall–Kier alpha value is -1.62. The van der Waals surface area contributed by atoms with Crippen LogP contribution in [0.3, 0.4) is 0 Å². The third kappa shape index (κ3) is 4.22. The lowest BCUT2D eigenvalue weighted by atomic mass is 10.1. The summed E-state index contributed by atoms with van der Waals surface area (Å²) in [7, 11) is 0. The number of halogens is 2. The van der Waals surface area contributed by atoms with Crippen molar-refractivity contribution in [1.29, 1.82) is 0 Å². The van der Waals surface area contributed by atoms with Crippen LogP contribution in [0, 0.1) is 0 Å². The van der Waals surface area contributed by atoms with Gasteiger partial charge in [0.1, 0.15) is 0 Å². The summed E-state index contributed by atoms with van der Waals surface area (Å²) in [6, 6.07) is 9.00. The maximum atomic E-state index is 12.6. The van der Waals surface area contributed by atoms with Crippen LogP contribution >= 0.6 is 23.2 Å². The zero-order valence-electron chi connectivity index (χ0n) is 12.6. The van der Waals surface area contributed by atoms with E-state index in [0.29, 0.717) is 28.7 Å². The second-order valence-electron chi connectivity index (χ2n) is 5.58. The number of piperazine rings is 1. The van der Waals surface area contributed by atoms with E-state index in [1.165, 1.54) is 5.56 Å².